The van der Waals surface area contributed by atoms with Crippen LogP contribution in [0.15, 0.2) is 42.5 Å². The van der Waals surface area contributed by atoms with E-state index in [1.165, 1.54) is 5.56 Å². The molecule has 1 aromatic heterocycles. The second-order valence-electron chi connectivity index (χ2n) is 6.31. The lowest BCUT2D eigenvalue weighted by atomic mass is 10.0. The topological polar surface area (TPSA) is 54.1 Å². The Bertz CT molecular complexity index is 894. The molecule has 2 N–H and O–H groups in total. The van der Waals surface area contributed by atoms with Gasteiger partial charge in [0.1, 0.15) is 5.75 Å². The molecule has 1 heterocycles. The number of aromatic amines is 1. The van der Waals surface area contributed by atoms with Gasteiger partial charge >= 0.3 is 0 Å². The number of rotatable bonds is 5. The van der Waals surface area contributed by atoms with Crippen LogP contribution in [0.25, 0.3) is 10.9 Å². The van der Waals surface area contributed by atoms with Crippen LogP contribution < -0.4 is 10.1 Å². The molecule has 2 aromatic carbocycles. The van der Waals surface area contributed by atoms with Crippen molar-refractivity contribution in [1.82, 2.24) is 10.3 Å². The van der Waals surface area contributed by atoms with Gasteiger partial charge in [0.25, 0.3) is 5.91 Å². The predicted octanol–water partition coefficient (Wildman–Crippen LogP) is 4.67. The van der Waals surface area contributed by atoms with E-state index in [-0.39, 0.29) is 11.9 Å². The Morgan fingerprint density at radius 1 is 1.16 bits per heavy atom. The molecule has 4 nitrogen and oxygen atoms in total. The van der Waals surface area contributed by atoms with E-state index in [0.29, 0.717) is 5.56 Å². The smallest absolute Gasteiger partial charge is 0.253 e. The summed E-state index contributed by atoms with van der Waals surface area (Å²) in [5, 5.41) is 4.26. The molecule has 0 saturated carbocycles. The van der Waals surface area contributed by atoms with Crippen molar-refractivity contribution < 1.29 is 9.53 Å². The van der Waals surface area contributed by atoms with Gasteiger partial charge in [-0.15, -0.1) is 0 Å². The van der Waals surface area contributed by atoms with Crippen molar-refractivity contribution in [1.29, 1.82) is 0 Å². The third kappa shape index (κ3) is 3.25. The molecule has 3 rings (SSSR count). The number of para-hydroxylation sites is 1. The van der Waals surface area contributed by atoms with Crippen LogP contribution in [-0.4, -0.2) is 18.0 Å². The number of benzene rings is 2. The van der Waals surface area contributed by atoms with E-state index < -0.39 is 0 Å². The summed E-state index contributed by atoms with van der Waals surface area (Å²) < 4.78 is 5.20. The Kier molecular flexibility index (Phi) is 4.79. The third-order valence-corrected chi connectivity index (χ3v) is 4.82. The molecule has 0 aliphatic carbocycles. The summed E-state index contributed by atoms with van der Waals surface area (Å²) in [5.41, 5.74) is 4.94. The summed E-state index contributed by atoms with van der Waals surface area (Å²) in [7, 11) is 1.65. The van der Waals surface area contributed by atoms with Gasteiger partial charge in [-0.05, 0) is 49.6 Å². The molecule has 1 atom stereocenters. The van der Waals surface area contributed by atoms with E-state index in [4.69, 9.17) is 4.74 Å². The molecular formula is C21H24N2O2. The second kappa shape index (κ2) is 7.01. The maximum Gasteiger partial charge on any atom is 0.253 e. The number of nitrogens with one attached hydrogen (secondary N) is 2. The number of amides is 1. The van der Waals surface area contributed by atoms with Crippen molar-refractivity contribution in [2.75, 3.05) is 7.11 Å². The number of hydrogen-bond donors (Lipinski definition) is 2. The van der Waals surface area contributed by atoms with Gasteiger partial charge < -0.3 is 15.0 Å². The summed E-state index contributed by atoms with van der Waals surface area (Å²) in [4.78, 5) is 16.2. The van der Waals surface area contributed by atoms with Crippen LogP contribution in [0.2, 0.25) is 0 Å². The molecule has 0 fully saturated rings. The molecule has 0 spiro atoms. The van der Waals surface area contributed by atoms with Gasteiger partial charge in [0.15, 0.2) is 0 Å². The minimum Gasteiger partial charge on any atom is -0.497 e. The maximum absolute atomic E-state index is 12.9. The van der Waals surface area contributed by atoms with E-state index in [2.05, 4.69) is 24.1 Å². The number of carbonyl (C=O) groups excluding carboxylic acids is 1. The number of aryl methyl sites for hydroxylation is 2. The van der Waals surface area contributed by atoms with E-state index in [1.54, 1.807) is 7.11 Å². The molecule has 1 amide bonds. The summed E-state index contributed by atoms with van der Waals surface area (Å²) in [6.45, 7) is 6.17. The Balaban J connectivity index is 1.88. The monoisotopic (exact) mass is 336 g/mol. The first-order valence-electron chi connectivity index (χ1n) is 8.57. The molecular weight excluding hydrogens is 312 g/mol. The highest BCUT2D eigenvalue weighted by Gasteiger charge is 2.18. The number of ether oxygens (including phenoxy) is 1. The van der Waals surface area contributed by atoms with Crippen LogP contribution in [0.4, 0.5) is 0 Å². The second-order valence-corrected chi connectivity index (χ2v) is 6.31. The average molecular weight is 336 g/mol. The van der Waals surface area contributed by atoms with Crippen LogP contribution in [-0.2, 0) is 0 Å². The van der Waals surface area contributed by atoms with Crippen molar-refractivity contribution in [2.24, 2.45) is 0 Å². The van der Waals surface area contributed by atoms with Crippen LogP contribution in [0, 0.1) is 13.8 Å². The molecule has 1 unspecified atom stereocenters. The number of methoxy groups -OCH3 is 1. The Morgan fingerprint density at radius 3 is 2.52 bits per heavy atom. The van der Waals surface area contributed by atoms with Gasteiger partial charge in [0.2, 0.25) is 0 Å². The molecule has 25 heavy (non-hydrogen) atoms. The van der Waals surface area contributed by atoms with Crippen LogP contribution in [0.1, 0.15) is 46.6 Å². The molecule has 0 saturated heterocycles. The van der Waals surface area contributed by atoms with E-state index in [0.717, 1.165) is 34.3 Å². The SMILES string of the molecule is CCC(NC(=O)c1cccc2c(C)c(C)[nH]c12)c1ccc(OC)cc1. The molecule has 0 aliphatic rings. The minimum absolute atomic E-state index is 0.0363. The first kappa shape index (κ1) is 17.1. The molecule has 4 heteroatoms. The number of carbonyl (C=O) groups is 1. The van der Waals surface area contributed by atoms with E-state index >= 15 is 0 Å². The minimum atomic E-state index is -0.0606. The highest BCUT2D eigenvalue weighted by molar-refractivity contribution is 6.06. The van der Waals surface area contributed by atoms with E-state index in [9.17, 15) is 4.79 Å². The van der Waals surface area contributed by atoms with Gasteiger partial charge in [0, 0.05) is 11.1 Å². The number of fused-ring (bicyclic) bond motifs is 1. The fourth-order valence-electron chi connectivity index (χ4n) is 3.17. The summed E-state index contributed by atoms with van der Waals surface area (Å²) in [6, 6.07) is 13.6. The highest BCUT2D eigenvalue weighted by Crippen LogP contribution is 2.25. The lowest BCUT2D eigenvalue weighted by Gasteiger charge is -2.18. The average Bonchev–Trinajstić information content (AvgIpc) is 2.94. The first-order chi connectivity index (χ1) is 12.0. The highest BCUT2D eigenvalue weighted by atomic mass is 16.5. The molecule has 0 bridgehead atoms. The Hall–Kier alpha value is -2.75. The van der Waals surface area contributed by atoms with Crippen LogP contribution in [0.3, 0.4) is 0 Å². The van der Waals surface area contributed by atoms with Gasteiger partial charge in [-0.2, -0.15) is 0 Å². The maximum atomic E-state index is 12.9. The van der Waals surface area contributed by atoms with Crippen molar-refractivity contribution in [3.05, 3.63) is 64.8 Å². The summed E-state index contributed by atoms with van der Waals surface area (Å²) in [6.07, 6.45) is 0.816. The van der Waals surface area contributed by atoms with Gasteiger partial charge in [-0.25, -0.2) is 0 Å². The number of aromatic nitrogens is 1. The van der Waals surface area contributed by atoms with Crippen molar-refractivity contribution in [3.8, 4) is 5.75 Å². The summed E-state index contributed by atoms with van der Waals surface area (Å²) in [5.74, 6) is 0.751. The van der Waals surface area contributed by atoms with E-state index in [1.807, 2.05) is 49.4 Å². The lowest BCUT2D eigenvalue weighted by Crippen LogP contribution is -2.28. The quantitative estimate of drug-likeness (QED) is 0.711. The zero-order valence-corrected chi connectivity index (χ0v) is 15.1. The predicted molar refractivity (Wildman–Crippen MR) is 101 cm³/mol. The summed E-state index contributed by atoms with van der Waals surface area (Å²) >= 11 is 0. The normalized spacial score (nSPS) is 12.2. The molecule has 0 aliphatic heterocycles. The largest absolute Gasteiger partial charge is 0.497 e. The molecule has 3 aromatic rings. The van der Waals surface area contributed by atoms with Crippen LogP contribution >= 0.6 is 0 Å². The Labute approximate surface area is 148 Å². The fraction of sp³-hybridized carbons (Fsp3) is 0.286. The van der Waals surface area contributed by atoms with Crippen molar-refractivity contribution >= 4 is 16.8 Å². The Morgan fingerprint density at radius 2 is 1.88 bits per heavy atom. The number of hydrogen-bond acceptors (Lipinski definition) is 2. The van der Waals surface area contributed by atoms with Crippen molar-refractivity contribution in [2.45, 2.75) is 33.2 Å². The van der Waals surface area contributed by atoms with Gasteiger partial charge in [-0.3, -0.25) is 4.79 Å². The first-order valence-corrected chi connectivity index (χ1v) is 8.57. The van der Waals surface area contributed by atoms with Gasteiger partial charge in [0.05, 0.1) is 24.2 Å². The zero-order chi connectivity index (χ0) is 18.0. The zero-order valence-electron chi connectivity index (χ0n) is 15.1. The standard InChI is InChI=1S/C21H24N2O2/c1-5-19(15-9-11-16(25-4)12-10-15)23-21(24)18-8-6-7-17-13(2)14(3)22-20(17)18/h6-12,19,22H,5H2,1-4H3,(H,23,24). The lowest BCUT2D eigenvalue weighted by molar-refractivity contribution is 0.0937. The van der Waals surface area contributed by atoms with Crippen molar-refractivity contribution in [3.63, 3.8) is 0 Å². The molecule has 130 valence electrons. The van der Waals surface area contributed by atoms with Gasteiger partial charge in [-0.1, -0.05) is 31.2 Å². The van der Waals surface area contributed by atoms with Crippen LogP contribution in [0.5, 0.6) is 5.75 Å². The molecule has 0 radical (unpaired) electrons. The fourth-order valence-corrected chi connectivity index (χ4v) is 3.17. The number of H-pyrrole nitrogens is 1. The third-order valence-electron chi connectivity index (χ3n) is 4.82.